The molecule has 5 aliphatic rings. The fourth-order valence-corrected chi connectivity index (χ4v) is 4.21. The van der Waals surface area contributed by atoms with Crippen LogP contribution in [0.3, 0.4) is 0 Å². The van der Waals surface area contributed by atoms with E-state index in [9.17, 15) is 9.59 Å². The summed E-state index contributed by atoms with van der Waals surface area (Å²) in [5.41, 5.74) is 0.237. The minimum atomic E-state index is -0.807. The van der Waals surface area contributed by atoms with Gasteiger partial charge in [0.1, 0.15) is 12.2 Å². The normalized spacial score (nSPS) is 53.4. The van der Waals surface area contributed by atoms with Crippen molar-refractivity contribution in [1.82, 2.24) is 0 Å². The lowest BCUT2D eigenvalue weighted by Crippen LogP contribution is -2.30. The molecule has 6 heteroatoms. The van der Waals surface area contributed by atoms with Crippen molar-refractivity contribution in [2.75, 3.05) is 0 Å². The van der Waals surface area contributed by atoms with Gasteiger partial charge in [-0.1, -0.05) is 0 Å². The Morgan fingerprint density at radius 1 is 1.19 bits per heavy atom. The standard InChI is InChI=1S/C15H16O6/c1-6-9-7(18-12(6)16)5-14(2)8(20-14)3-4-15-11(21-15)10(9)19-13(15)17/h7-8,10-11H,3-5H2,1-2H3/t7?,8-,10+,11+,14+,15-/m0/s1. The van der Waals surface area contributed by atoms with Crippen LogP contribution in [-0.2, 0) is 28.5 Å². The first-order valence-corrected chi connectivity index (χ1v) is 7.43. The van der Waals surface area contributed by atoms with E-state index in [4.69, 9.17) is 18.9 Å². The Kier molecular flexibility index (Phi) is 1.93. The fraction of sp³-hybridized carbons (Fsp3) is 0.733. The molecule has 4 aliphatic heterocycles. The van der Waals surface area contributed by atoms with Gasteiger partial charge in [0.25, 0.3) is 0 Å². The lowest BCUT2D eigenvalue weighted by molar-refractivity contribution is -0.152. The van der Waals surface area contributed by atoms with Gasteiger partial charge in [0, 0.05) is 17.6 Å². The van der Waals surface area contributed by atoms with Crippen molar-refractivity contribution in [3.63, 3.8) is 0 Å². The molecule has 0 spiro atoms. The van der Waals surface area contributed by atoms with Crippen LogP contribution in [0, 0.1) is 0 Å². The van der Waals surface area contributed by atoms with Crippen LogP contribution in [0.15, 0.2) is 11.1 Å². The lowest BCUT2D eigenvalue weighted by Gasteiger charge is -2.21. The number of hydrogen-bond acceptors (Lipinski definition) is 6. The zero-order chi connectivity index (χ0) is 14.6. The van der Waals surface area contributed by atoms with E-state index in [-0.39, 0.29) is 35.9 Å². The smallest absolute Gasteiger partial charge is 0.342 e. The third kappa shape index (κ3) is 1.35. The van der Waals surface area contributed by atoms with Crippen LogP contribution in [0.5, 0.6) is 0 Å². The molecule has 1 saturated carbocycles. The van der Waals surface area contributed by atoms with E-state index < -0.39 is 11.7 Å². The summed E-state index contributed by atoms with van der Waals surface area (Å²) in [5, 5.41) is 0. The van der Waals surface area contributed by atoms with Gasteiger partial charge in [0.2, 0.25) is 0 Å². The molecule has 2 bridgehead atoms. The summed E-state index contributed by atoms with van der Waals surface area (Å²) in [4.78, 5) is 24.1. The number of fused-ring (bicyclic) bond motifs is 3. The summed E-state index contributed by atoms with van der Waals surface area (Å²) in [6, 6.07) is 0. The molecular weight excluding hydrogens is 276 g/mol. The molecule has 4 fully saturated rings. The first-order valence-electron chi connectivity index (χ1n) is 7.43. The molecule has 21 heavy (non-hydrogen) atoms. The molecule has 0 aromatic heterocycles. The van der Waals surface area contributed by atoms with Gasteiger partial charge in [-0.3, -0.25) is 0 Å². The zero-order valence-electron chi connectivity index (χ0n) is 11.9. The van der Waals surface area contributed by atoms with Crippen LogP contribution < -0.4 is 0 Å². The second-order valence-corrected chi connectivity index (χ2v) is 6.89. The Morgan fingerprint density at radius 3 is 2.76 bits per heavy atom. The van der Waals surface area contributed by atoms with E-state index in [1.54, 1.807) is 6.92 Å². The molecule has 6 atom stereocenters. The van der Waals surface area contributed by atoms with Crippen molar-refractivity contribution in [2.45, 2.75) is 68.7 Å². The van der Waals surface area contributed by atoms with Crippen molar-refractivity contribution >= 4 is 11.9 Å². The highest BCUT2D eigenvalue weighted by Gasteiger charge is 2.75. The summed E-state index contributed by atoms with van der Waals surface area (Å²) in [7, 11) is 0. The SMILES string of the molecule is CC1=C2C(C[C@@]3(C)O[C@H]3CC[C@]34O[C@@H]3[C@@H]2OC4=O)OC1=O. The van der Waals surface area contributed by atoms with Crippen LogP contribution >= 0.6 is 0 Å². The second-order valence-electron chi connectivity index (χ2n) is 6.89. The molecule has 0 N–H and O–H groups in total. The quantitative estimate of drug-likeness (QED) is 0.481. The van der Waals surface area contributed by atoms with Crippen molar-refractivity contribution in [3.05, 3.63) is 11.1 Å². The van der Waals surface area contributed by atoms with E-state index >= 15 is 0 Å². The molecule has 0 amide bonds. The largest absolute Gasteiger partial charge is 0.454 e. The monoisotopic (exact) mass is 292 g/mol. The van der Waals surface area contributed by atoms with Crippen LogP contribution in [0.1, 0.15) is 33.1 Å². The van der Waals surface area contributed by atoms with E-state index in [0.717, 1.165) is 12.0 Å². The fourth-order valence-electron chi connectivity index (χ4n) is 4.21. The number of ether oxygens (including phenoxy) is 4. The molecule has 6 nitrogen and oxygen atoms in total. The Morgan fingerprint density at radius 2 is 2.00 bits per heavy atom. The zero-order valence-corrected chi connectivity index (χ0v) is 11.9. The van der Waals surface area contributed by atoms with Crippen molar-refractivity contribution in [1.29, 1.82) is 0 Å². The minimum absolute atomic E-state index is 0.0996. The van der Waals surface area contributed by atoms with Gasteiger partial charge < -0.3 is 18.9 Å². The molecule has 0 radical (unpaired) electrons. The molecule has 0 aromatic rings. The van der Waals surface area contributed by atoms with E-state index in [2.05, 4.69) is 0 Å². The van der Waals surface area contributed by atoms with Crippen LogP contribution in [-0.4, -0.2) is 47.6 Å². The van der Waals surface area contributed by atoms with Crippen molar-refractivity contribution in [2.24, 2.45) is 0 Å². The summed E-state index contributed by atoms with van der Waals surface area (Å²) in [5.74, 6) is -0.635. The number of rotatable bonds is 0. The first-order chi connectivity index (χ1) is 9.94. The van der Waals surface area contributed by atoms with E-state index in [1.165, 1.54) is 0 Å². The number of carbonyl (C=O) groups is 2. The molecule has 1 aliphatic carbocycles. The van der Waals surface area contributed by atoms with E-state index in [0.29, 0.717) is 18.4 Å². The van der Waals surface area contributed by atoms with Gasteiger partial charge in [-0.05, 0) is 26.7 Å². The van der Waals surface area contributed by atoms with Gasteiger partial charge in [0.15, 0.2) is 11.7 Å². The molecular formula is C15H16O6. The third-order valence-electron chi connectivity index (χ3n) is 5.64. The summed E-state index contributed by atoms with van der Waals surface area (Å²) < 4.78 is 22.5. The highest BCUT2D eigenvalue weighted by molar-refractivity contribution is 5.93. The molecule has 112 valence electrons. The average molecular weight is 292 g/mol. The number of carbonyl (C=O) groups excluding carboxylic acids is 2. The number of esters is 2. The van der Waals surface area contributed by atoms with Gasteiger partial charge in [0.05, 0.1) is 11.7 Å². The Hall–Kier alpha value is -1.40. The molecule has 5 rings (SSSR count). The van der Waals surface area contributed by atoms with Crippen LogP contribution in [0.25, 0.3) is 0 Å². The maximum Gasteiger partial charge on any atom is 0.342 e. The number of hydrogen-bond donors (Lipinski definition) is 0. The van der Waals surface area contributed by atoms with Gasteiger partial charge in [-0.15, -0.1) is 0 Å². The van der Waals surface area contributed by atoms with E-state index in [1.807, 2.05) is 6.92 Å². The Bertz CT molecular complexity index is 624. The minimum Gasteiger partial charge on any atom is -0.454 e. The maximum absolute atomic E-state index is 12.2. The number of epoxide rings is 2. The Balaban J connectivity index is 1.60. The predicted molar refractivity (Wildman–Crippen MR) is 67.2 cm³/mol. The molecule has 0 aromatic carbocycles. The molecule has 4 heterocycles. The lowest BCUT2D eigenvalue weighted by atomic mass is 9.85. The topological polar surface area (TPSA) is 77.7 Å². The van der Waals surface area contributed by atoms with Gasteiger partial charge in [-0.25, -0.2) is 9.59 Å². The highest BCUT2D eigenvalue weighted by atomic mass is 16.7. The van der Waals surface area contributed by atoms with Crippen molar-refractivity contribution < 1.29 is 28.5 Å². The molecule has 3 saturated heterocycles. The summed E-state index contributed by atoms with van der Waals surface area (Å²) in [6.45, 7) is 3.76. The summed E-state index contributed by atoms with van der Waals surface area (Å²) >= 11 is 0. The first kappa shape index (κ1) is 12.2. The van der Waals surface area contributed by atoms with Gasteiger partial charge in [-0.2, -0.15) is 0 Å². The third-order valence-corrected chi connectivity index (χ3v) is 5.64. The average Bonchev–Trinajstić information content (AvgIpc) is 3.24. The van der Waals surface area contributed by atoms with Crippen LogP contribution in [0.2, 0.25) is 0 Å². The molecule has 1 unspecified atom stereocenters. The second kappa shape index (κ2) is 3.33. The van der Waals surface area contributed by atoms with Crippen LogP contribution in [0.4, 0.5) is 0 Å². The Labute approximate surface area is 121 Å². The maximum atomic E-state index is 12.2. The highest BCUT2D eigenvalue weighted by Crippen LogP contribution is 2.57. The summed E-state index contributed by atoms with van der Waals surface area (Å²) in [6.07, 6.45) is 0.991. The predicted octanol–water partition coefficient (Wildman–Crippen LogP) is 0.633. The van der Waals surface area contributed by atoms with Gasteiger partial charge >= 0.3 is 11.9 Å². The van der Waals surface area contributed by atoms with Crippen molar-refractivity contribution in [3.8, 4) is 0 Å².